The fourth-order valence-corrected chi connectivity index (χ4v) is 3.00. The Balaban J connectivity index is 1.50. The lowest BCUT2D eigenvalue weighted by Crippen LogP contribution is -2.52. The molecule has 6 nitrogen and oxygen atoms in total. The van der Waals surface area contributed by atoms with Gasteiger partial charge in [-0.2, -0.15) is 0 Å². The van der Waals surface area contributed by atoms with Gasteiger partial charge < -0.3 is 19.9 Å². The average Bonchev–Trinajstić information content (AvgIpc) is 2.72. The molecule has 0 radical (unpaired) electrons. The smallest absolute Gasteiger partial charge is 0.194 e. The van der Waals surface area contributed by atoms with Crippen LogP contribution in [0.2, 0.25) is 0 Å². The molecule has 1 aromatic heterocycles. The van der Waals surface area contributed by atoms with Gasteiger partial charge in [0.25, 0.3) is 0 Å². The van der Waals surface area contributed by atoms with Gasteiger partial charge >= 0.3 is 0 Å². The summed E-state index contributed by atoms with van der Waals surface area (Å²) < 4.78 is 18.7. The van der Waals surface area contributed by atoms with E-state index in [0.29, 0.717) is 13.2 Å². The molecule has 1 saturated heterocycles. The van der Waals surface area contributed by atoms with Crippen LogP contribution in [-0.4, -0.2) is 61.7 Å². The van der Waals surface area contributed by atoms with Crippen molar-refractivity contribution in [2.45, 2.75) is 6.92 Å². The first-order valence-corrected chi connectivity index (χ1v) is 9.33. The summed E-state index contributed by atoms with van der Waals surface area (Å²) in [6.45, 7) is 7.46. The van der Waals surface area contributed by atoms with Crippen molar-refractivity contribution < 1.29 is 9.13 Å². The molecule has 3 rings (SSSR count). The number of benzene rings is 1. The Hall–Kier alpha value is -2.83. The van der Waals surface area contributed by atoms with Crippen LogP contribution in [0, 0.1) is 5.82 Å². The number of aliphatic imine (C=N–C) groups is 1. The fraction of sp³-hybridized carbons (Fsp3) is 0.400. The van der Waals surface area contributed by atoms with Crippen molar-refractivity contribution in [2.24, 2.45) is 4.99 Å². The second-order valence-electron chi connectivity index (χ2n) is 6.22. The molecule has 0 saturated carbocycles. The highest BCUT2D eigenvalue weighted by Crippen LogP contribution is 2.17. The van der Waals surface area contributed by atoms with Crippen LogP contribution in [-0.2, 0) is 0 Å². The summed E-state index contributed by atoms with van der Waals surface area (Å²) >= 11 is 0. The second-order valence-corrected chi connectivity index (χ2v) is 6.22. The summed E-state index contributed by atoms with van der Waals surface area (Å²) in [5, 5.41) is 3.35. The molecule has 0 aliphatic carbocycles. The summed E-state index contributed by atoms with van der Waals surface area (Å²) in [5.74, 6) is 1.46. The molecule has 0 unspecified atom stereocenters. The number of halogens is 1. The van der Waals surface area contributed by atoms with E-state index < -0.39 is 0 Å². The lowest BCUT2D eigenvalue weighted by Gasteiger charge is -2.37. The Labute approximate surface area is 159 Å². The number of aromatic nitrogens is 1. The van der Waals surface area contributed by atoms with Gasteiger partial charge in [0.15, 0.2) is 5.96 Å². The average molecular weight is 371 g/mol. The van der Waals surface area contributed by atoms with Crippen LogP contribution < -0.4 is 15.0 Å². The van der Waals surface area contributed by atoms with Crippen LogP contribution in [0.5, 0.6) is 5.75 Å². The van der Waals surface area contributed by atoms with E-state index in [1.54, 1.807) is 12.4 Å². The minimum atomic E-state index is -0.201. The van der Waals surface area contributed by atoms with Gasteiger partial charge in [0.2, 0.25) is 0 Å². The van der Waals surface area contributed by atoms with E-state index in [-0.39, 0.29) is 5.82 Å². The molecule has 1 fully saturated rings. The predicted octanol–water partition coefficient (Wildman–Crippen LogP) is 2.39. The van der Waals surface area contributed by atoms with Crippen molar-refractivity contribution in [3.05, 3.63) is 54.6 Å². The normalized spacial score (nSPS) is 15.0. The monoisotopic (exact) mass is 371 g/mol. The molecule has 7 heteroatoms. The highest BCUT2D eigenvalue weighted by Gasteiger charge is 2.19. The zero-order valence-electron chi connectivity index (χ0n) is 15.6. The lowest BCUT2D eigenvalue weighted by molar-refractivity contribution is 0.324. The number of pyridine rings is 1. The largest absolute Gasteiger partial charge is 0.490 e. The highest BCUT2D eigenvalue weighted by molar-refractivity contribution is 5.80. The Morgan fingerprint density at radius 3 is 2.63 bits per heavy atom. The van der Waals surface area contributed by atoms with E-state index >= 15 is 0 Å². The summed E-state index contributed by atoms with van der Waals surface area (Å²) in [4.78, 5) is 13.2. The third kappa shape index (κ3) is 5.57. The van der Waals surface area contributed by atoms with E-state index in [2.05, 4.69) is 32.0 Å². The summed E-state index contributed by atoms with van der Waals surface area (Å²) in [7, 11) is 0. The first-order chi connectivity index (χ1) is 13.3. The van der Waals surface area contributed by atoms with Crippen LogP contribution in [0.1, 0.15) is 6.92 Å². The lowest BCUT2D eigenvalue weighted by atomic mass is 10.2. The molecule has 2 heterocycles. The number of nitrogens with one attached hydrogen (secondary N) is 1. The van der Waals surface area contributed by atoms with Crippen molar-refractivity contribution in [1.82, 2.24) is 15.2 Å². The number of nitrogens with zero attached hydrogens (tertiary/aromatic N) is 4. The van der Waals surface area contributed by atoms with E-state index in [0.717, 1.165) is 50.1 Å². The molecule has 0 amide bonds. The second kappa shape index (κ2) is 9.75. The van der Waals surface area contributed by atoms with Crippen LogP contribution in [0.3, 0.4) is 0 Å². The van der Waals surface area contributed by atoms with Gasteiger partial charge in [-0.1, -0.05) is 0 Å². The van der Waals surface area contributed by atoms with E-state index in [9.17, 15) is 4.39 Å². The predicted molar refractivity (Wildman–Crippen MR) is 106 cm³/mol. The minimum Gasteiger partial charge on any atom is -0.490 e. The standard InChI is InChI=1S/C20H26FN5O/c1-2-23-20(24-10-15-27-19-4-3-9-22-16-19)26-13-11-25(12-14-26)18-7-5-17(21)6-8-18/h3-9,16H,2,10-15H2,1H3,(H,23,24). The van der Waals surface area contributed by atoms with Crippen LogP contribution >= 0.6 is 0 Å². The minimum absolute atomic E-state index is 0.201. The third-order valence-electron chi connectivity index (χ3n) is 4.36. The summed E-state index contributed by atoms with van der Waals surface area (Å²) in [6, 6.07) is 10.4. The Bertz CT molecular complexity index is 715. The molecule has 1 aliphatic heterocycles. The molecule has 2 aromatic rings. The number of anilines is 1. The van der Waals surface area contributed by atoms with Crippen molar-refractivity contribution in [1.29, 1.82) is 0 Å². The van der Waals surface area contributed by atoms with Gasteiger partial charge in [0, 0.05) is 44.6 Å². The number of hydrogen-bond donors (Lipinski definition) is 1. The molecule has 27 heavy (non-hydrogen) atoms. The highest BCUT2D eigenvalue weighted by atomic mass is 19.1. The van der Waals surface area contributed by atoms with E-state index in [4.69, 9.17) is 4.74 Å². The Morgan fingerprint density at radius 1 is 1.19 bits per heavy atom. The molecular weight excluding hydrogens is 345 g/mol. The topological polar surface area (TPSA) is 53.0 Å². The molecular formula is C20H26FN5O. The first-order valence-electron chi connectivity index (χ1n) is 9.33. The van der Waals surface area contributed by atoms with Crippen LogP contribution in [0.4, 0.5) is 10.1 Å². The Morgan fingerprint density at radius 2 is 1.96 bits per heavy atom. The van der Waals surface area contributed by atoms with Gasteiger partial charge in [-0.3, -0.25) is 4.98 Å². The van der Waals surface area contributed by atoms with Gasteiger partial charge in [-0.25, -0.2) is 9.38 Å². The van der Waals surface area contributed by atoms with Crippen molar-refractivity contribution >= 4 is 11.6 Å². The van der Waals surface area contributed by atoms with Crippen LogP contribution in [0.15, 0.2) is 53.8 Å². The molecule has 1 aromatic carbocycles. The van der Waals surface area contributed by atoms with Crippen LogP contribution in [0.25, 0.3) is 0 Å². The molecule has 1 N–H and O–H groups in total. The van der Waals surface area contributed by atoms with Crippen molar-refractivity contribution in [2.75, 3.05) is 50.8 Å². The number of ether oxygens (including phenoxy) is 1. The molecule has 1 aliphatic rings. The first kappa shape index (κ1) is 18.9. The maximum absolute atomic E-state index is 13.1. The fourth-order valence-electron chi connectivity index (χ4n) is 3.00. The van der Waals surface area contributed by atoms with E-state index in [1.165, 1.54) is 12.1 Å². The molecule has 0 spiro atoms. The molecule has 144 valence electrons. The molecule has 0 atom stereocenters. The zero-order valence-corrected chi connectivity index (χ0v) is 15.6. The summed E-state index contributed by atoms with van der Waals surface area (Å²) in [5.41, 5.74) is 1.06. The van der Waals surface area contributed by atoms with Crippen molar-refractivity contribution in [3.8, 4) is 5.75 Å². The van der Waals surface area contributed by atoms with Gasteiger partial charge in [-0.05, 0) is 43.3 Å². The van der Waals surface area contributed by atoms with Gasteiger partial charge in [0.1, 0.15) is 18.2 Å². The molecule has 0 bridgehead atoms. The van der Waals surface area contributed by atoms with E-state index in [1.807, 2.05) is 24.3 Å². The maximum atomic E-state index is 13.1. The van der Waals surface area contributed by atoms with Gasteiger partial charge in [0.05, 0.1) is 12.7 Å². The number of piperazine rings is 1. The Kier molecular flexibility index (Phi) is 6.84. The number of guanidine groups is 1. The quantitative estimate of drug-likeness (QED) is 0.480. The zero-order chi connectivity index (χ0) is 18.9. The maximum Gasteiger partial charge on any atom is 0.194 e. The summed E-state index contributed by atoms with van der Waals surface area (Å²) in [6.07, 6.45) is 3.42. The van der Waals surface area contributed by atoms with Crippen molar-refractivity contribution in [3.63, 3.8) is 0 Å². The number of hydrogen-bond acceptors (Lipinski definition) is 4. The third-order valence-corrected chi connectivity index (χ3v) is 4.36. The number of rotatable bonds is 6. The van der Waals surface area contributed by atoms with Gasteiger partial charge in [-0.15, -0.1) is 0 Å². The SMILES string of the molecule is CCNC(=NCCOc1cccnc1)N1CCN(c2ccc(F)cc2)CC1.